The van der Waals surface area contributed by atoms with Gasteiger partial charge in [-0.2, -0.15) is 10.5 Å². The average Bonchev–Trinajstić information content (AvgIpc) is 2.00. The van der Waals surface area contributed by atoms with Gasteiger partial charge >= 0.3 is 0 Å². The summed E-state index contributed by atoms with van der Waals surface area (Å²) in [5.74, 6) is 0.225. The van der Waals surface area contributed by atoms with Crippen molar-refractivity contribution in [1.82, 2.24) is 5.32 Å². The first-order valence-corrected chi connectivity index (χ1v) is 4.01. The molecule has 0 radical (unpaired) electrons. The highest BCUT2D eigenvalue weighted by Gasteiger charge is 2.22. The molecule has 0 rings (SSSR count). The summed E-state index contributed by atoms with van der Waals surface area (Å²) in [5, 5.41) is 20.4. The largest absolute Gasteiger partial charge is 0.284 e. The van der Waals surface area contributed by atoms with Crippen molar-refractivity contribution in [2.45, 2.75) is 39.3 Å². The molecule has 1 atom stereocenters. The Morgan fingerprint density at radius 3 is 2.00 bits per heavy atom. The summed E-state index contributed by atoms with van der Waals surface area (Å²) >= 11 is 0. The molecule has 0 aromatic heterocycles. The number of nitrogens with one attached hydrogen (secondary N) is 1. The van der Waals surface area contributed by atoms with E-state index in [0.29, 0.717) is 0 Å². The molecule has 0 aliphatic carbocycles. The second-order valence-corrected chi connectivity index (χ2v) is 3.73. The molecule has 0 fully saturated rings. The van der Waals surface area contributed by atoms with Crippen LogP contribution in [-0.2, 0) is 0 Å². The van der Waals surface area contributed by atoms with E-state index in [2.05, 4.69) is 17.5 Å². The zero-order valence-corrected chi connectivity index (χ0v) is 8.05. The van der Waals surface area contributed by atoms with Crippen LogP contribution in [0.1, 0.15) is 27.7 Å². The Morgan fingerprint density at radius 1 is 1.25 bits per heavy atom. The minimum atomic E-state index is -0.620. The number of hydrogen-bond donors (Lipinski definition) is 1. The van der Waals surface area contributed by atoms with Gasteiger partial charge in [0.05, 0.1) is 18.2 Å². The number of nitrogens with zero attached hydrogens (tertiary/aromatic N) is 2. The maximum atomic E-state index is 8.73. The van der Waals surface area contributed by atoms with Gasteiger partial charge in [0.1, 0.15) is 5.54 Å². The van der Waals surface area contributed by atoms with Crippen LogP contribution in [0.4, 0.5) is 0 Å². The van der Waals surface area contributed by atoms with Crippen LogP contribution in [0.25, 0.3) is 0 Å². The van der Waals surface area contributed by atoms with Gasteiger partial charge in [-0.15, -0.1) is 0 Å². The summed E-state index contributed by atoms with van der Waals surface area (Å²) in [6.45, 7) is 7.43. The van der Waals surface area contributed by atoms with Crippen LogP contribution in [0.5, 0.6) is 0 Å². The van der Waals surface area contributed by atoms with E-state index in [1.165, 1.54) is 0 Å². The molecule has 0 aromatic carbocycles. The molecule has 66 valence electrons. The summed E-state index contributed by atoms with van der Waals surface area (Å²) < 4.78 is 0. The van der Waals surface area contributed by atoms with Crippen LogP contribution < -0.4 is 5.32 Å². The Balaban J connectivity index is 4.26. The number of nitriles is 2. The van der Waals surface area contributed by atoms with Gasteiger partial charge in [0.25, 0.3) is 0 Å². The normalized spacial score (nSPS) is 13.6. The van der Waals surface area contributed by atoms with Crippen molar-refractivity contribution in [2.24, 2.45) is 5.92 Å². The molecule has 1 N–H and O–H groups in total. The fraction of sp³-hybridized carbons (Fsp3) is 0.778. The highest BCUT2D eigenvalue weighted by molar-refractivity contribution is 5.06. The minimum absolute atomic E-state index is 0.225. The van der Waals surface area contributed by atoms with Gasteiger partial charge in [-0.25, -0.2) is 0 Å². The predicted molar refractivity (Wildman–Crippen MR) is 47.1 cm³/mol. The highest BCUT2D eigenvalue weighted by atomic mass is 15.0. The zero-order valence-electron chi connectivity index (χ0n) is 8.05. The Hall–Kier alpha value is -1.06. The lowest BCUT2D eigenvalue weighted by Crippen LogP contribution is -2.46. The van der Waals surface area contributed by atoms with Gasteiger partial charge in [0.15, 0.2) is 0 Å². The minimum Gasteiger partial charge on any atom is -0.284 e. The third kappa shape index (κ3) is 3.37. The molecule has 0 aromatic rings. The van der Waals surface area contributed by atoms with Crippen LogP contribution in [0.15, 0.2) is 0 Å². The first-order valence-electron chi connectivity index (χ1n) is 4.01. The van der Waals surface area contributed by atoms with E-state index in [0.717, 1.165) is 0 Å². The summed E-state index contributed by atoms with van der Waals surface area (Å²) in [7, 11) is 0. The third-order valence-corrected chi connectivity index (χ3v) is 1.60. The molecular formula is C9H15N3. The van der Waals surface area contributed by atoms with Crippen molar-refractivity contribution < 1.29 is 0 Å². The Kier molecular flexibility index (Phi) is 3.73. The second kappa shape index (κ2) is 4.09. The molecule has 3 heteroatoms. The van der Waals surface area contributed by atoms with E-state index < -0.39 is 5.54 Å². The Bertz CT molecular complexity index is 217. The van der Waals surface area contributed by atoms with Crippen LogP contribution in [-0.4, -0.2) is 11.6 Å². The third-order valence-electron chi connectivity index (χ3n) is 1.60. The fourth-order valence-corrected chi connectivity index (χ4v) is 0.769. The summed E-state index contributed by atoms with van der Waals surface area (Å²) in [6.07, 6.45) is 0. The number of rotatable bonds is 3. The zero-order chi connectivity index (χ0) is 9.78. The second-order valence-electron chi connectivity index (χ2n) is 3.73. The monoisotopic (exact) mass is 165 g/mol. The smallest absolute Gasteiger partial charge is 0.102 e. The van der Waals surface area contributed by atoms with Gasteiger partial charge in [-0.1, -0.05) is 13.8 Å². The molecule has 1 unspecified atom stereocenters. The predicted octanol–water partition coefficient (Wildman–Crippen LogP) is 1.43. The molecular weight excluding hydrogens is 150 g/mol. The molecule has 0 saturated heterocycles. The van der Waals surface area contributed by atoms with Crippen molar-refractivity contribution in [3.63, 3.8) is 0 Å². The van der Waals surface area contributed by atoms with E-state index >= 15 is 0 Å². The van der Waals surface area contributed by atoms with Crippen LogP contribution in [0, 0.1) is 28.6 Å². The summed E-state index contributed by atoms with van der Waals surface area (Å²) in [4.78, 5) is 0. The van der Waals surface area contributed by atoms with E-state index in [-0.39, 0.29) is 12.0 Å². The molecule has 0 saturated carbocycles. The molecule has 3 nitrogen and oxygen atoms in total. The quantitative estimate of drug-likeness (QED) is 0.688. The van der Waals surface area contributed by atoms with E-state index in [1.807, 2.05) is 13.8 Å². The van der Waals surface area contributed by atoms with Crippen LogP contribution in [0.2, 0.25) is 0 Å². The maximum Gasteiger partial charge on any atom is 0.102 e. The van der Waals surface area contributed by atoms with Crippen molar-refractivity contribution in [3.05, 3.63) is 0 Å². The van der Waals surface area contributed by atoms with Gasteiger partial charge in [-0.3, -0.25) is 5.32 Å². The van der Waals surface area contributed by atoms with Crippen molar-refractivity contribution in [2.75, 3.05) is 0 Å². The van der Waals surface area contributed by atoms with Crippen molar-refractivity contribution in [1.29, 1.82) is 10.5 Å². The molecule has 0 amide bonds. The molecule has 0 bridgehead atoms. The first-order chi connectivity index (χ1) is 5.43. The van der Waals surface area contributed by atoms with Gasteiger partial charge in [0, 0.05) is 0 Å². The molecule has 0 aliphatic heterocycles. The average molecular weight is 165 g/mol. The lowest BCUT2D eigenvalue weighted by molar-refractivity contribution is 0.384. The standard InChI is InChI=1S/C9H15N3/c1-7(2)8(5-10)12-9(3,4)6-11/h7-8,12H,1-4H3. The molecule has 12 heavy (non-hydrogen) atoms. The molecule has 0 spiro atoms. The summed E-state index contributed by atoms with van der Waals surface area (Å²) in [6, 6.07) is 3.98. The first kappa shape index (κ1) is 10.9. The lowest BCUT2D eigenvalue weighted by Gasteiger charge is -2.23. The van der Waals surface area contributed by atoms with Gasteiger partial charge in [0.2, 0.25) is 0 Å². The van der Waals surface area contributed by atoms with Crippen molar-refractivity contribution >= 4 is 0 Å². The van der Waals surface area contributed by atoms with Gasteiger partial charge in [-0.05, 0) is 19.8 Å². The van der Waals surface area contributed by atoms with Gasteiger partial charge < -0.3 is 0 Å². The number of hydrogen-bond acceptors (Lipinski definition) is 3. The fourth-order valence-electron chi connectivity index (χ4n) is 0.769. The lowest BCUT2D eigenvalue weighted by atomic mass is 10.0. The molecule has 0 heterocycles. The van der Waals surface area contributed by atoms with E-state index in [1.54, 1.807) is 13.8 Å². The Labute approximate surface area is 74.0 Å². The highest BCUT2D eigenvalue weighted by Crippen LogP contribution is 2.07. The SMILES string of the molecule is CC(C)C(C#N)NC(C)(C)C#N. The topological polar surface area (TPSA) is 59.6 Å². The maximum absolute atomic E-state index is 8.73. The molecule has 0 aliphatic rings. The van der Waals surface area contributed by atoms with Crippen molar-refractivity contribution in [3.8, 4) is 12.1 Å². The Morgan fingerprint density at radius 2 is 1.75 bits per heavy atom. The summed E-state index contributed by atoms with van der Waals surface area (Å²) in [5.41, 5.74) is -0.620. The van der Waals surface area contributed by atoms with E-state index in [4.69, 9.17) is 10.5 Å². The van der Waals surface area contributed by atoms with Crippen LogP contribution >= 0.6 is 0 Å². The van der Waals surface area contributed by atoms with E-state index in [9.17, 15) is 0 Å². The van der Waals surface area contributed by atoms with Crippen LogP contribution in [0.3, 0.4) is 0 Å².